The number of aromatic nitrogens is 1. The summed E-state index contributed by atoms with van der Waals surface area (Å²) in [5, 5.41) is 12.2. The molecule has 6 heteroatoms. The van der Waals surface area contributed by atoms with Gasteiger partial charge in [-0.15, -0.1) is 0 Å². The Balaban J connectivity index is 2.05. The van der Waals surface area contributed by atoms with Gasteiger partial charge in [-0.05, 0) is 18.2 Å². The van der Waals surface area contributed by atoms with Crippen LogP contribution >= 0.6 is 0 Å². The van der Waals surface area contributed by atoms with Crippen LogP contribution in [0.2, 0.25) is 0 Å². The summed E-state index contributed by atoms with van der Waals surface area (Å²) >= 11 is 0. The molecule has 2 aromatic rings. The number of hydrogen-bond donors (Lipinski definition) is 3. The normalized spacial score (nSPS) is 12.2. The Labute approximate surface area is 115 Å². The first-order valence-electron chi connectivity index (χ1n) is 6.20. The van der Waals surface area contributed by atoms with Crippen LogP contribution in [0.3, 0.4) is 0 Å². The van der Waals surface area contributed by atoms with Crippen LogP contribution in [0.5, 0.6) is 0 Å². The Morgan fingerprint density at radius 3 is 2.90 bits per heavy atom. The van der Waals surface area contributed by atoms with Crippen LogP contribution in [0.25, 0.3) is 10.9 Å². The number of rotatable bonds is 6. The number of amides is 1. The number of aromatic amines is 1. The molecule has 0 saturated heterocycles. The minimum Gasteiger partial charge on any atom is -0.481 e. The lowest BCUT2D eigenvalue weighted by atomic mass is 10.1. The van der Waals surface area contributed by atoms with Crippen LogP contribution in [0.1, 0.15) is 16.8 Å². The summed E-state index contributed by atoms with van der Waals surface area (Å²) in [6.07, 6.45) is 1.08. The molecular weight excluding hydrogens is 260 g/mol. The number of ether oxygens (including phenoxy) is 1. The second-order valence-corrected chi connectivity index (χ2v) is 4.41. The van der Waals surface area contributed by atoms with Crippen molar-refractivity contribution in [3.63, 3.8) is 0 Å². The maximum atomic E-state index is 12.1. The molecule has 1 atom stereocenters. The Kier molecular flexibility index (Phi) is 4.37. The molecule has 3 N–H and O–H groups in total. The van der Waals surface area contributed by atoms with E-state index in [2.05, 4.69) is 10.3 Å². The maximum Gasteiger partial charge on any atom is 0.306 e. The summed E-state index contributed by atoms with van der Waals surface area (Å²) in [5.41, 5.74) is 1.43. The molecule has 106 valence electrons. The summed E-state index contributed by atoms with van der Waals surface area (Å²) in [4.78, 5) is 25.8. The van der Waals surface area contributed by atoms with Crippen molar-refractivity contribution < 1.29 is 19.4 Å². The zero-order chi connectivity index (χ0) is 14.5. The smallest absolute Gasteiger partial charge is 0.306 e. The fourth-order valence-corrected chi connectivity index (χ4v) is 2.02. The van der Waals surface area contributed by atoms with Gasteiger partial charge in [-0.3, -0.25) is 9.59 Å². The van der Waals surface area contributed by atoms with E-state index in [-0.39, 0.29) is 18.9 Å². The van der Waals surface area contributed by atoms with E-state index in [1.807, 2.05) is 12.1 Å². The number of methoxy groups -OCH3 is 1. The zero-order valence-corrected chi connectivity index (χ0v) is 11.1. The van der Waals surface area contributed by atoms with Gasteiger partial charge in [0.1, 0.15) is 0 Å². The van der Waals surface area contributed by atoms with Crippen molar-refractivity contribution in [3.05, 3.63) is 36.0 Å². The van der Waals surface area contributed by atoms with Crippen molar-refractivity contribution in [2.24, 2.45) is 0 Å². The predicted molar refractivity (Wildman–Crippen MR) is 73.7 cm³/mol. The van der Waals surface area contributed by atoms with Crippen molar-refractivity contribution in [2.75, 3.05) is 13.7 Å². The van der Waals surface area contributed by atoms with Crippen molar-refractivity contribution in [1.82, 2.24) is 10.3 Å². The van der Waals surface area contributed by atoms with Crippen molar-refractivity contribution in [2.45, 2.75) is 12.5 Å². The quantitative estimate of drug-likeness (QED) is 0.743. The molecule has 20 heavy (non-hydrogen) atoms. The van der Waals surface area contributed by atoms with Crippen LogP contribution < -0.4 is 5.32 Å². The van der Waals surface area contributed by atoms with Gasteiger partial charge in [0.05, 0.1) is 12.5 Å². The van der Waals surface area contributed by atoms with Crippen LogP contribution in [-0.2, 0) is 9.53 Å². The van der Waals surface area contributed by atoms with E-state index in [9.17, 15) is 9.59 Å². The van der Waals surface area contributed by atoms with E-state index in [0.29, 0.717) is 5.56 Å². The topological polar surface area (TPSA) is 91.4 Å². The van der Waals surface area contributed by atoms with E-state index in [4.69, 9.17) is 9.84 Å². The molecule has 1 heterocycles. The largest absolute Gasteiger partial charge is 0.481 e. The van der Waals surface area contributed by atoms with Gasteiger partial charge in [0, 0.05) is 36.3 Å². The number of nitrogens with one attached hydrogen (secondary N) is 2. The van der Waals surface area contributed by atoms with Gasteiger partial charge in [-0.2, -0.15) is 0 Å². The zero-order valence-electron chi connectivity index (χ0n) is 11.1. The average molecular weight is 276 g/mol. The summed E-state index contributed by atoms with van der Waals surface area (Å²) < 4.78 is 5.02. The fraction of sp³-hybridized carbons (Fsp3) is 0.286. The summed E-state index contributed by atoms with van der Waals surface area (Å²) in [6, 6.07) is 7.23. The molecule has 1 aromatic carbocycles. The van der Waals surface area contributed by atoms with Crippen LogP contribution in [0, 0.1) is 0 Å². The highest BCUT2D eigenvalue weighted by atomic mass is 16.5. The van der Waals surface area contributed by atoms with Crippen LogP contribution in [-0.4, -0.2) is 41.7 Å². The SMILES string of the molecule is COC(CNC(=O)c1cccc2[nH]ccc12)CC(=O)O. The number of benzene rings is 1. The first-order valence-corrected chi connectivity index (χ1v) is 6.20. The lowest BCUT2D eigenvalue weighted by Gasteiger charge is -2.14. The molecule has 1 amide bonds. The molecule has 2 rings (SSSR count). The van der Waals surface area contributed by atoms with Gasteiger partial charge < -0.3 is 20.1 Å². The van der Waals surface area contributed by atoms with E-state index in [1.165, 1.54) is 7.11 Å². The highest BCUT2D eigenvalue weighted by molar-refractivity contribution is 6.06. The van der Waals surface area contributed by atoms with Crippen LogP contribution in [0.4, 0.5) is 0 Å². The third-order valence-corrected chi connectivity index (χ3v) is 3.07. The third-order valence-electron chi connectivity index (χ3n) is 3.07. The molecule has 0 saturated carbocycles. The number of carbonyl (C=O) groups is 2. The van der Waals surface area contributed by atoms with Crippen molar-refractivity contribution in [1.29, 1.82) is 0 Å². The summed E-state index contributed by atoms with van der Waals surface area (Å²) in [5.74, 6) is -1.21. The van der Waals surface area contributed by atoms with E-state index in [0.717, 1.165) is 10.9 Å². The molecule has 6 nitrogen and oxygen atoms in total. The number of carbonyl (C=O) groups excluding carboxylic acids is 1. The monoisotopic (exact) mass is 276 g/mol. The third kappa shape index (κ3) is 3.16. The molecule has 0 aliphatic carbocycles. The number of H-pyrrole nitrogens is 1. The lowest BCUT2D eigenvalue weighted by Crippen LogP contribution is -2.34. The number of carboxylic acid groups (broad SMARTS) is 1. The molecule has 1 aromatic heterocycles. The molecule has 0 spiro atoms. The van der Waals surface area contributed by atoms with Crippen molar-refractivity contribution >= 4 is 22.8 Å². The van der Waals surface area contributed by atoms with Gasteiger partial charge in [-0.25, -0.2) is 0 Å². The summed E-state index contributed by atoms with van der Waals surface area (Å²) in [7, 11) is 1.42. The maximum absolute atomic E-state index is 12.1. The highest BCUT2D eigenvalue weighted by Crippen LogP contribution is 2.17. The van der Waals surface area contributed by atoms with Gasteiger partial charge in [0.2, 0.25) is 0 Å². The number of carboxylic acids is 1. The molecule has 0 aliphatic rings. The Morgan fingerprint density at radius 2 is 2.20 bits per heavy atom. The number of fused-ring (bicyclic) bond motifs is 1. The summed E-state index contributed by atoms with van der Waals surface area (Å²) in [6.45, 7) is 0.155. The first kappa shape index (κ1) is 14.1. The number of aliphatic carboxylic acids is 1. The molecular formula is C14H16N2O4. The van der Waals surface area contributed by atoms with Crippen LogP contribution in [0.15, 0.2) is 30.5 Å². The van der Waals surface area contributed by atoms with Gasteiger partial charge in [-0.1, -0.05) is 6.07 Å². The number of hydrogen-bond acceptors (Lipinski definition) is 3. The second-order valence-electron chi connectivity index (χ2n) is 4.41. The Bertz CT molecular complexity index is 620. The first-order chi connectivity index (χ1) is 9.61. The van der Waals surface area contributed by atoms with Gasteiger partial charge in [0.25, 0.3) is 5.91 Å². The predicted octanol–water partition coefficient (Wildman–Crippen LogP) is 1.39. The standard InChI is InChI=1S/C14H16N2O4/c1-20-9(7-13(17)18)8-16-14(19)11-3-2-4-12-10(11)5-6-15-12/h2-6,9,15H,7-8H2,1H3,(H,16,19)(H,17,18). The Morgan fingerprint density at radius 1 is 1.40 bits per heavy atom. The molecule has 0 fully saturated rings. The lowest BCUT2D eigenvalue weighted by molar-refractivity contribution is -0.139. The minimum absolute atomic E-state index is 0.148. The molecule has 0 radical (unpaired) electrons. The molecule has 0 aliphatic heterocycles. The average Bonchev–Trinajstić information content (AvgIpc) is 2.90. The minimum atomic E-state index is -0.959. The van der Waals surface area contributed by atoms with E-state index >= 15 is 0 Å². The molecule has 1 unspecified atom stereocenters. The highest BCUT2D eigenvalue weighted by Gasteiger charge is 2.15. The fourth-order valence-electron chi connectivity index (χ4n) is 2.02. The van der Waals surface area contributed by atoms with E-state index < -0.39 is 12.1 Å². The Hall–Kier alpha value is -2.34. The van der Waals surface area contributed by atoms with Gasteiger partial charge in [0.15, 0.2) is 0 Å². The van der Waals surface area contributed by atoms with E-state index in [1.54, 1.807) is 18.3 Å². The van der Waals surface area contributed by atoms with Gasteiger partial charge >= 0.3 is 5.97 Å². The second kappa shape index (κ2) is 6.21. The molecule has 0 bridgehead atoms. The van der Waals surface area contributed by atoms with Crippen molar-refractivity contribution in [3.8, 4) is 0 Å².